The second-order valence-corrected chi connectivity index (χ2v) is 10.00. The zero-order chi connectivity index (χ0) is 15.3. The van der Waals surface area contributed by atoms with Crippen molar-refractivity contribution in [2.24, 2.45) is 17.3 Å². The molecule has 116 valence electrons. The van der Waals surface area contributed by atoms with Crippen LogP contribution in [0.3, 0.4) is 0 Å². The lowest BCUT2D eigenvalue weighted by molar-refractivity contribution is 0.224. The molecule has 0 radical (unpaired) electrons. The first kappa shape index (κ1) is 18.9. The van der Waals surface area contributed by atoms with Gasteiger partial charge in [-0.1, -0.05) is 34.6 Å². The molecule has 0 aromatic rings. The predicted octanol–water partition coefficient (Wildman–Crippen LogP) is 3.11. The Morgan fingerprint density at radius 2 is 1.53 bits per heavy atom. The molecule has 4 heteroatoms. The normalized spacial score (nSPS) is 15.2. The van der Waals surface area contributed by atoms with Gasteiger partial charge in [-0.2, -0.15) is 0 Å². The van der Waals surface area contributed by atoms with E-state index in [0.717, 1.165) is 19.5 Å². The second-order valence-electron chi connectivity index (χ2n) is 7.32. The molecular formula is C15H33NO2S. The van der Waals surface area contributed by atoms with E-state index in [2.05, 4.69) is 39.9 Å². The highest BCUT2D eigenvalue weighted by Crippen LogP contribution is 2.29. The van der Waals surface area contributed by atoms with Gasteiger partial charge < -0.3 is 5.32 Å². The molecule has 1 unspecified atom stereocenters. The van der Waals surface area contributed by atoms with Gasteiger partial charge in [0, 0.05) is 0 Å². The fraction of sp³-hybridized carbons (Fsp3) is 1.00. The Labute approximate surface area is 120 Å². The largest absolute Gasteiger partial charge is 0.316 e. The van der Waals surface area contributed by atoms with Crippen molar-refractivity contribution in [3.05, 3.63) is 0 Å². The molecular weight excluding hydrogens is 258 g/mol. The van der Waals surface area contributed by atoms with Crippen molar-refractivity contribution in [1.29, 1.82) is 0 Å². The summed E-state index contributed by atoms with van der Waals surface area (Å²) < 4.78 is 23.8. The van der Waals surface area contributed by atoms with Crippen molar-refractivity contribution in [3.8, 4) is 0 Å². The van der Waals surface area contributed by atoms with Gasteiger partial charge in [-0.05, 0) is 50.6 Å². The average Bonchev–Trinajstić information content (AvgIpc) is 2.20. The van der Waals surface area contributed by atoms with Gasteiger partial charge in [0.25, 0.3) is 0 Å². The van der Waals surface area contributed by atoms with Crippen LogP contribution in [0.2, 0.25) is 0 Å². The van der Waals surface area contributed by atoms with E-state index in [1.807, 2.05) is 0 Å². The minimum absolute atomic E-state index is 0.135. The van der Waals surface area contributed by atoms with E-state index in [9.17, 15) is 8.42 Å². The van der Waals surface area contributed by atoms with Crippen LogP contribution in [0, 0.1) is 17.3 Å². The Kier molecular flexibility index (Phi) is 7.59. The average molecular weight is 292 g/mol. The maximum Gasteiger partial charge on any atom is 0.152 e. The van der Waals surface area contributed by atoms with Gasteiger partial charge in [0.05, 0.1) is 11.0 Å². The Balaban J connectivity index is 4.46. The molecule has 0 aliphatic heterocycles. The molecule has 0 spiro atoms. The minimum Gasteiger partial charge on any atom is -0.316 e. The maximum absolute atomic E-state index is 11.9. The Morgan fingerprint density at radius 1 is 1.00 bits per heavy atom. The van der Waals surface area contributed by atoms with Crippen LogP contribution in [0.1, 0.15) is 54.9 Å². The van der Waals surface area contributed by atoms with E-state index in [1.54, 1.807) is 13.8 Å². The third-order valence-electron chi connectivity index (χ3n) is 3.64. The molecule has 0 aromatic carbocycles. The molecule has 1 N–H and O–H groups in total. The van der Waals surface area contributed by atoms with Gasteiger partial charge in [0.1, 0.15) is 0 Å². The number of hydrogen-bond donors (Lipinski definition) is 1. The van der Waals surface area contributed by atoms with E-state index in [4.69, 9.17) is 0 Å². The topological polar surface area (TPSA) is 46.2 Å². The Bertz CT molecular complexity index is 340. The molecule has 0 fully saturated rings. The predicted molar refractivity (Wildman–Crippen MR) is 84.2 cm³/mol. The van der Waals surface area contributed by atoms with Crippen LogP contribution in [-0.4, -0.2) is 32.5 Å². The molecule has 0 saturated heterocycles. The summed E-state index contributed by atoms with van der Waals surface area (Å²) in [6.45, 7) is 16.4. The van der Waals surface area contributed by atoms with Gasteiger partial charge >= 0.3 is 0 Å². The highest BCUT2D eigenvalue weighted by Gasteiger charge is 2.27. The van der Waals surface area contributed by atoms with Crippen LogP contribution in [-0.2, 0) is 9.84 Å². The molecule has 0 bridgehead atoms. The van der Waals surface area contributed by atoms with Crippen molar-refractivity contribution >= 4 is 9.84 Å². The van der Waals surface area contributed by atoms with Crippen LogP contribution in [0.25, 0.3) is 0 Å². The molecule has 0 rings (SSSR count). The summed E-state index contributed by atoms with van der Waals surface area (Å²) >= 11 is 0. The number of hydrogen-bond acceptors (Lipinski definition) is 3. The molecule has 0 saturated carbocycles. The van der Waals surface area contributed by atoms with Gasteiger partial charge in [-0.15, -0.1) is 0 Å². The van der Waals surface area contributed by atoms with Crippen molar-refractivity contribution < 1.29 is 8.42 Å². The van der Waals surface area contributed by atoms with Crippen molar-refractivity contribution in [3.63, 3.8) is 0 Å². The fourth-order valence-electron chi connectivity index (χ4n) is 1.93. The monoisotopic (exact) mass is 291 g/mol. The molecule has 19 heavy (non-hydrogen) atoms. The lowest BCUT2D eigenvalue weighted by Gasteiger charge is -2.31. The Morgan fingerprint density at radius 3 is 1.89 bits per heavy atom. The van der Waals surface area contributed by atoms with Crippen LogP contribution in [0.4, 0.5) is 0 Å². The highest BCUT2D eigenvalue weighted by atomic mass is 32.2. The summed E-state index contributed by atoms with van der Waals surface area (Å²) in [6.07, 6.45) is 0.745. The van der Waals surface area contributed by atoms with Gasteiger partial charge in [0.2, 0.25) is 0 Å². The highest BCUT2D eigenvalue weighted by molar-refractivity contribution is 7.91. The first-order valence-electron chi connectivity index (χ1n) is 7.39. The summed E-state index contributed by atoms with van der Waals surface area (Å²) in [4.78, 5) is 0. The summed E-state index contributed by atoms with van der Waals surface area (Å²) in [5.74, 6) is 1.32. The van der Waals surface area contributed by atoms with Crippen LogP contribution < -0.4 is 5.32 Å². The fourth-order valence-corrected chi connectivity index (χ4v) is 3.01. The molecule has 0 aliphatic carbocycles. The molecule has 0 amide bonds. The van der Waals surface area contributed by atoms with Crippen molar-refractivity contribution in [2.45, 2.75) is 60.1 Å². The number of sulfone groups is 1. The lowest BCUT2D eigenvalue weighted by Crippen LogP contribution is -2.35. The summed E-state index contributed by atoms with van der Waals surface area (Å²) in [5, 5.41) is 3.20. The second kappa shape index (κ2) is 7.63. The summed E-state index contributed by atoms with van der Waals surface area (Å²) in [7, 11) is -2.92. The Hall–Kier alpha value is -0.0900. The van der Waals surface area contributed by atoms with Crippen LogP contribution in [0.15, 0.2) is 0 Å². The van der Waals surface area contributed by atoms with Crippen LogP contribution >= 0.6 is 0 Å². The zero-order valence-corrected chi connectivity index (χ0v) is 14.6. The number of nitrogens with one attached hydrogen (secondary N) is 1. The first-order valence-corrected chi connectivity index (χ1v) is 9.10. The molecule has 0 aliphatic rings. The SMILES string of the molecule is CC(C)CNCC(CCS(=O)(=O)C(C)C)C(C)(C)C. The summed E-state index contributed by atoms with van der Waals surface area (Å²) in [6, 6.07) is 0. The van der Waals surface area contributed by atoms with Crippen molar-refractivity contribution in [1.82, 2.24) is 5.32 Å². The van der Waals surface area contributed by atoms with Gasteiger partial charge in [-0.3, -0.25) is 0 Å². The smallest absolute Gasteiger partial charge is 0.152 e. The third-order valence-corrected chi connectivity index (χ3v) is 5.88. The zero-order valence-electron chi connectivity index (χ0n) is 13.8. The minimum atomic E-state index is -2.92. The van der Waals surface area contributed by atoms with Gasteiger partial charge in [-0.25, -0.2) is 8.42 Å². The summed E-state index contributed by atoms with van der Waals surface area (Å²) in [5.41, 5.74) is 0.135. The quantitative estimate of drug-likeness (QED) is 0.747. The first-order chi connectivity index (χ1) is 8.47. The van der Waals surface area contributed by atoms with Crippen molar-refractivity contribution in [2.75, 3.05) is 18.8 Å². The molecule has 3 nitrogen and oxygen atoms in total. The van der Waals surface area contributed by atoms with E-state index < -0.39 is 9.84 Å². The van der Waals surface area contributed by atoms with E-state index in [0.29, 0.717) is 17.6 Å². The maximum atomic E-state index is 11.9. The van der Waals surface area contributed by atoms with Gasteiger partial charge in [0.15, 0.2) is 9.84 Å². The number of rotatable bonds is 8. The lowest BCUT2D eigenvalue weighted by atomic mass is 9.79. The van der Waals surface area contributed by atoms with E-state index >= 15 is 0 Å². The molecule has 0 heterocycles. The standard InChI is InChI=1S/C15H33NO2S/c1-12(2)10-16-11-14(15(5,6)7)8-9-19(17,18)13(3)4/h12-14,16H,8-11H2,1-7H3. The van der Waals surface area contributed by atoms with E-state index in [1.165, 1.54) is 0 Å². The van der Waals surface area contributed by atoms with Crippen LogP contribution in [0.5, 0.6) is 0 Å². The molecule has 1 atom stereocenters. The third kappa shape index (κ3) is 7.93. The van der Waals surface area contributed by atoms with E-state index in [-0.39, 0.29) is 10.7 Å². The molecule has 0 aromatic heterocycles.